The Morgan fingerprint density at radius 2 is 2.00 bits per heavy atom. The highest BCUT2D eigenvalue weighted by molar-refractivity contribution is 6.36. The molecule has 0 fully saturated rings. The van der Waals surface area contributed by atoms with E-state index in [2.05, 4.69) is 9.72 Å². The number of alkyl halides is 2. The first-order valence-electron chi connectivity index (χ1n) is 5.43. The maximum absolute atomic E-state index is 12.2. The summed E-state index contributed by atoms with van der Waals surface area (Å²) >= 11 is 11.7. The summed E-state index contributed by atoms with van der Waals surface area (Å²) in [7, 11) is 0. The molecule has 0 aliphatic carbocycles. The number of hydrogen-bond donors (Lipinski definition) is 0. The van der Waals surface area contributed by atoms with Crippen molar-refractivity contribution in [1.29, 1.82) is 0 Å². The molecule has 1 heterocycles. The molecular weight excluding hydrogens is 329 g/mol. The molecule has 0 bridgehead atoms. The topological polar surface area (TPSA) is 65.3 Å². The molecule has 0 saturated carbocycles. The Morgan fingerprint density at radius 3 is 2.57 bits per heavy atom. The van der Waals surface area contributed by atoms with Crippen LogP contribution in [0.2, 0.25) is 10.0 Å². The molecule has 0 spiro atoms. The molecule has 9 heteroatoms. The number of benzene rings is 1. The van der Waals surface area contributed by atoms with E-state index in [0.717, 1.165) is 12.3 Å². The lowest BCUT2D eigenvalue weighted by Crippen LogP contribution is -2.06. The van der Waals surface area contributed by atoms with Crippen LogP contribution in [0.5, 0.6) is 5.88 Å². The first kappa shape index (κ1) is 15.4. The van der Waals surface area contributed by atoms with Crippen molar-refractivity contribution in [1.82, 2.24) is 4.98 Å². The second-order valence-corrected chi connectivity index (χ2v) is 4.65. The predicted octanol–water partition coefficient (Wildman–Crippen LogP) is 4.57. The highest BCUT2D eigenvalue weighted by Crippen LogP contribution is 2.35. The zero-order valence-corrected chi connectivity index (χ0v) is 11.6. The van der Waals surface area contributed by atoms with Crippen LogP contribution in [0.3, 0.4) is 0 Å². The summed E-state index contributed by atoms with van der Waals surface area (Å²) in [5.41, 5.74) is 0.0315. The number of hydrogen-bond acceptors (Lipinski definition) is 4. The van der Waals surface area contributed by atoms with Crippen molar-refractivity contribution < 1.29 is 18.4 Å². The number of nitro groups is 1. The Bertz CT molecular complexity index is 698. The van der Waals surface area contributed by atoms with Crippen molar-refractivity contribution in [3.63, 3.8) is 0 Å². The van der Waals surface area contributed by atoms with Crippen LogP contribution in [-0.2, 0) is 0 Å². The number of nitrogens with zero attached hydrogens (tertiary/aromatic N) is 2. The molecule has 2 aromatic rings. The highest BCUT2D eigenvalue weighted by atomic mass is 35.5. The van der Waals surface area contributed by atoms with Gasteiger partial charge in [-0.3, -0.25) is 10.1 Å². The number of halogens is 4. The summed E-state index contributed by atoms with van der Waals surface area (Å²) in [5.74, 6) is -0.760. The van der Waals surface area contributed by atoms with Crippen LogP contribution in [0, 0.1) is 10.1 Å². The van der Waals surface area contributed by atoms with Crippen LogP contribution in [0.15, 0.2) is 30.5 Å². The van der Waals surface area contributed by atoms with Crippen molar-refractivity contribution >= 4 is 28.9 Å². The van der Waals surface area contributed by atoms with Gasteiger partial charge in [0.25, 0.3) is 5.88 Å². The highest BCUT2D eigenvalue weighted by Gasteiger charge is 2.22. The van der Waals surface area contributed by atoms with Crippen molar-refractivity contribution in [2.75, 3.05) is 0 Å². The summed E-state index contributed by atoms with van der Waals surface area (Å²) in [6.07, 6.45) is 1.15. The molecule has 2 rings (SSSR count). The zero-order chi connectivity index (χ0) is 15.6. The van der Waals surface area contributed by atoms with E-state index in [-0.39, 0.29) is 10.6 Å². The first-order chi connectivity index (χ1) is 9.88. The zero-order valence-electron chi connectivity index (χ0n) is 10.1. The minimum atomic E-state index is -3.21. The minimum Gasteiger partial charge on any atom is -0.411 e. The second-order valence-electron chi connectivity index (χ2n) is 3.81. The molecule has 1 aromatic carbocycles. The van der Waals surface area contributed by atoms with Crippen LogP contribution >= 0.6 is 23.2 Å². The van der Waals surface area contributed by atoms with Gasteiger partial charge in [-0.15, -0.1) is 0 Å². The van der Waals surface area contributed by atoms with Crippen LogP contribution in [-0.4, -0.2) is 16.5 Å². The Morgan fingerprint density at radius 1 is 1.29 bits per heavy atom. The van der Waals surface area contributed by atoms with Gasteiger partial charge in [0.1, 0.15) is 0 Å². The van der Waals surface area contributed by atoms with Gasteiger partial charge < -0.3 is 4.74 Å². The SMILES string of the molecule is O=[N+]([O-])c1cc(-c2ccc(Cl)cc2Cl)cnc1OC(F)F. The van der Waals surface area contributed by atoms with E-state index >= 15 is 0 Å². The summed E-state index contributed by atoms with van der Waals surface area (Å²) < 4.78 is 28.4. The lowest BCUT2D eigenvalue weighted by molar-refractivity contribution is -0.386. The molecule has 21 heavy (non-hydrogen) atoms. The van der Waals surface area contributed by atoms with E-state index in [4.69, 9.17) is 23.2 Å². The third-order valence-electron chi connectivity index (χ3n) is 2.47. The number of aromatic nitrogens is 1. The van der Waals surface area contributed by atoms with Crippen LogP contribution in [0.1, 0.15) is 0 Å². The molecule has 110 valence electrons. The maximum Gasteiger partial charge on any atom is 0.388 e. The average Bonchev–Trinajstić information content (AvgIpc) is 2.38. The van der Waals surface area contributed by atoms with Crippen molar-refractivity contribution in [2.24, 2.45) is 0 Å². The third kappa shape index (κ3) is 3.56. The summed E-state index contributed by atoms with van der Waals surface area (Å²) in [5, 5.41) is 11.6. The Labute approximate surface area is 127 Å². The van der Waals surface area contributed by atoms with Gasteiger partial charge in [0.05, 0.1) is 4.92 Å². The van der Waals surface area contributed by atoms with Gasteiger partial charge in [-0.25, -0.2) is 4.98 Å². The average molecular weight is 335 g/mol. The molecule has 0 saturated heterocycles. The van der Waals surface area contributed by atoms with E-state index in [1.54, 1.807) is 6.07 Å². The molecular formula is C12H6Cl2F2N2O3. The normalized spacial score (nSPS) is 10.7. The standard InChI is InChI=1S/C12H6Cl2F2N2O3/c13-7-1-2-8(9(14)4-7)6-3-10(18(19)20)11(17-5-6)21-12(15)16/h1-5,12H. The minimum absolute atomic E-state index is 0.251. The molecule has 1 aromatic heterocycles. The third-order valence-corrected chi connectivity index (χ3v) is 3.02. The maximum atomic E-state index is 12.2. The Balaban J connectivity index is 2.51. The van der Waals surface area contributed by atoms with E-state index in [9.17, 15) is 18.9 Å². The molecule has 0 radical (unpaired) electrons. The van der Waals surface area contributed by atoms with E-state index < -0.39 is 23.1 Å². The first-order valence-corrected chi connectivity index (χ1v) is 6.18. The summed E-state index contributed by atoms with van der Waals surface area (Å²) in [6, 6.07) is 5.59. The number of rotatable bonds is 4. The van der Waals surface area contributed by atoms with Crippen molar-refractivity contribution in [2.45, 2.75) is 6.61 Å². The Hall–Kier alpha value is -1.99. The molecule has 0 unspecified atom stereocenters. The van der Waals surface area contributed by atoms with Gasteiger partial charge >= 0.3 is 12.3 Å². The molecule has 0 atom stereocenters. The van der Waals surface area contributed by atoms with Gasteiger partial charge in [0.2, 0.25) is 0 Å². The molecule has 0 amide bonds. The monoisotopic (exact) mass is 334 g/mol. The van der Waals surface area contributed by atoms with Crippen molar-refractivity contribution in [3.8, 4) is 17.0 Å². The largest absolute Gasteiger partial charge is 0.411 e. The fourth-order valence-electron chi connectivity index (χ4n) is 1.62. The Kier molecular flexibility index (Phi) is 4.54. The number of ether oxygens (including phenoxy) is 1. The van der Waals surface area contributed by atoms with Gasteiger partial charge in [-0.05, 0) is 12.1 Å². The van der Waals surface area contributed by atoms with Gasteiger partial charge in [-0.2, -0.15) is 8.78 Å². The second kappa shape index (κ2) is 6.19. The smallest absolute Gasteiger partial charge is 0.388 e. The van der Waals surface area contributed by atoms with Crippen molar-refractivity contribution in [3.05, 3.63) is 50.6 Å². The summed E-state index contributed by atoms with van der Waals surface area (Å²) in [4.78, 5) is 13.6. The van der Waals surface area contributed by atoms with E-state index in [1.165, 1.54) is 12.1 Å². The van der Waals surface area contributed by atoms with E-state index in [1.807, 2.05) is 0 Å². The fourth-order valence-corrected chi connectivity index (χ4v) is 2.14. The molecule has 0 aliphatic heterocycles. The van der Waals surface area contributed by atoms with Crippen LogP contribution < -0.4 is 4.74 Å². The predicted molar refractivity (Wildman–Crippen MR) is 73.0 cm³/mol. The fraction of sp³-hybridized carbons (Fsp3) is 0.0833. The van der Waals surface area contributed by atoms with Crippen LogP contribution in [0.25, 0.3) is 11.1 Å². The molecule has 0 N–H and O–H groups in total. The summed E-state index contributed by atoms with van der Waals surface area (Å²) in [6.45, 7) is -3.21. The lowest BCUT2D eigenvalue weighted by atomic mass is 10.1. The number of pyridine rings is 1. The lowest BCUT2D eigenvalue weighted by Gasteiger charge is -2.07. The van der Waals surface area contributed by atoms with E-state index in [0.29, 0.717) is 10.6 Å². The molecule has 5 nitrogen and oxygen atoms in total. The quantitative estimate of drug-likeness (QED) is 0.607. The van der Waals surface area contributed by atoms with Gasteiger partial charge in [0, 0.05) is 33.4 Å². The van der Waals surface area contributed by atoms with Gasteiger partial charge in [0.15, 0.2) is 0 Å². The van der Waals surface area contributed by atoms with Gasteiger partial charge in [-0.1, -0.05) is 29.3 Å². The molecule has 0 aliphatic rings. The van der Waals surface area contributed by atoms with Crippen LogP contribution in [0.4, 0.5) is 14.5 Å².